The van der Waals surface area contributed by atoms with E-state index in [0.717, 1.165) is 5.56 Å². The molecule has 0 spiro atoms. The number of halogens is 1. The highest BCUT2D eigenvalue weighted by Gasteiger charge is 2.44. The molecule has 1 aliphatic heterocycles. The average molecular weight is 404 g/mol. The molecule has 0 aliphatic carbocycles. The third kappa shape index (κ3) is 5.09. The number of piperidine rings is 1. The van der Waals surface area contributed by atoms with Gasteiger partial charge in [-0.3, -0.25) is 14.5 Å². The molecular weight excluding hydrogens is 378 g/mol. The van der Waals surface area contributed by atoms with Crippen LogP contribution in [0.2, 0.25) is 0 Å². The molecule has 1 saturated heterocycles. The van der Waals surface area contributed by atoms with Crippen molar-refractivity contribution in [1.82, 2.24) is 9.88 Å². The van der Waals surface area contributed by atoms with E-state index >= 15 is 0 Å². The summed E-state index contributed by atoms with van der Waals surface area (Å²) in [5.41, 5.74) is 0.353. The zero-order valence-corrected chi connectivity index (χ0v) is 16.8. The first-order chi connectivity index (χ1) is 13.1. The van der Waals surface area contributed by atoms with E-state index in [2.05, 4.69) is 15.2 Å². The van der Waals surface area contributed by atoms with Crippen LogP contribution in [0.25, 0.3) is 0 Å². The van der Waals surface area contributed by atoms with Crippen LogP contribution in [0.1, 0.15) is 25.3 Å². The molecule has 1 aromatic heterocycles. The van der Waals surface area contributed by atoms with Crippen molar-refractivity contribution in [3.05, 3.63) is 60.3 Å². The molecule has 1 amide bonds. The van der Waals surface area contributed by atoms with E-state index in [1.807, 2.05) is 43.3 Å². The molecular formula is C21H26ClN3O3. The number of carbonyl (C=O) groups excluding carboxylic acids is 2. The Balaban J connectivity index is 0.00000280. The minimum Gasteiger partial charge on any atom is -0.465 e. The molecule has 1 N–H and O–H groups in total. The third-order valence-electron chi connectivity index (χ3n) is 5.00. The van der Waals surface area contributed by atoms with Crippen molar-refractivity contribution in [2.75, 3.05) is 31.6 Å². The first-order valence-corrected chi connectivity index (χ1v) is 9.30. The quantitative estimate of drug-likeness (QED) is 0.750. The lowest BCUT2D eigenvalue weighted by Gasteiger charge is -2.40. The van der Waals surface area contributed by atoms with Gasteiger partial charge in [0, 0.05) is 19.3 Å². The Labute approximate surface area is 171 Å². The number of nitrogens with one attached hydrogen (secondary N) is 1. The summed E-state index contributed by atoms with van der Waals surface area (Å²) in [5.74, 6) is 0.274. The van der Waals surface area contributed by atoms with Gasteiger partial charge in [0.2, 0.25) is 5.91 Å². The number of pyridine rings is 1. The van der Waals surface area contributed by atoms with E-state index in [-0.39, 0.29) is 30.8 Å². The molecule has 0 atom stereocenters. The first-order valence-electron chi connectivity index (χ1n) is 9.30. The molecule has 0 bridgehead atoms. The third-order valence-corrected chi connectivity index (χ3v) is 5.00. The highest BCUT2D eigenvalue weighted by molar-refractivity contribution is 5.91. The Morgan fingerprint density at radius 3 is 2.39 bits per heavy atom. The Hall–Kier alpha value is -2.44. The summed E-state index contributed by atoms with van der Waals surface area (Å²) in [6.07, 6.45) is 2.91. The molecule has 0 radical (unpaired) electrons. The van der Waals surface area contributed by atoms with Crippen molar-refractivity contribution < 1.29 is 14.3 Å². The van der Waals surface area contributed by atoms with Crippen LogP contribution >= 0.6 is 12.4 Å². The summed E-state index contributed by atoms with van der Waals surface area (Å²) < 4.78 is 5.39. The normalized spacial score (nSPS) is 15.9. The summed E-state index contributed by atoms with van der Waals surface area (Å²) in [5, 5.41) is 2.80. The zero-order valence-electron chi connectivity index (χ0n) is 16.0. The number of ether oxygens (including phenoxy) is 1. The SMILES string of the molecule is CCOC(=O)C1(c2ccccc2)CCN(CC(=O)Nc2ccccn2)CC1.Cl. The maximum atomic E-state index is 12.8. The topological polar surface area (TPSA) is 71.5 Å². The van der Waals surface area contributed by atoms with Crippen LogP contribution in [0.3, 0.4) is 0 Å². The first kappa shape index (κ1) is 21.9. The Kier molecular flexibility index (Phi) is 7.96. The number of hydrogen-bond donors (Lipinski definition) is 1. The minimum atomic E-state index is -0.634. The van der Waals surface area contributed by atoms with Crippen LogP contribution in [0.5, 0.6) is 0 Å². The van der Waals surface area contributed by atoms with Crippen LogP contribution < -0.4 is 5.32 Å². The van der Waals surface area contributed by atoms with E-state index < -0.39 is 5.41 Å². The van der Waals surface area contributed by atoms with Crippen molar-refractivity contribution in [2.45, 2.75) is 25.2 Å². The molecule has 0 unspecified atom stereocenters. The van der Waals surface area contributed by atoms with Crippen LogP contribution in [-0.4, -0.2) is 48.0 Å². The number of aromatic nitrogens is 1. The predicted octanol–water partition coefficient (Wildman–Crippen LogP) is 3.04. The van der Waals surface area contributed by atoms with E-state index in [4.69, 9.17) is 4.74 Å². The van der Waals surface area contributed by atoms with Crippen molar-refractivity contribution in [3.8, 4) is 0 Å². The van der Waals surface area contributed by atoms with Crippen molar-refractivity contribution in [3.63, 3.8) is 0 Å². The Bertz CT molecular complexity index is 763. The van der Waals surface area contributed by atoms with Crippen LogP contribution in [0.15, 0.2) is 54.7 Å². The van der Waals surface area contributed by atoms with E-state index in [9.17, 15) is 9.59 Å². The van der Waals surface area contributed by atoms with E-state index in [0.29, 0.717) is 38.4 Å². The van der Waals surface area contributed by atoms with Gasteiger partial charge in [0.05, 0.1) is 18.6 Å². The van der Waals surface area contributed by atoms with Gasteiger partial charge in [0.25, 0.3) is 0 Å². The Morgan fingerprint density at radius 1 is 1.11 bits per heavy atom. The van der Waals surface area contributed by atoms with Gasteiger partial charge >= 0.3 is 5.97 Å². The van der Waals surface area contributed by atoms with Crippen molar-refractivity contribution in [1.29, 1.82) is 0 Å². The molecule has 7 heteroatoms. The van der Waals surface area contributed by atoms with Gasteiger partial charge in [-0.15, -0.1) is 12.4 Å². The minimum absolute atomic E-state index is 0. The maximum absolute atomic E-state index is 12.8. The monoisotopic (exact) mass is 403 g/mol. The molecule has 28 heavy (non-hydrogen) atoms. The molecule has 2 heterocycles. The van der Waals surface area contributed by atoms with Gasteiger partial charge in [0.1, 0.15) is 5.82 Å². The van der Waals surface area contributed by atoms with Gasteiger partial charge in [0.15, 0.2) is 0 Å². The molecule has 1 aromatic carbocycles. The number of amides is 1. The second kappa shape index (κ2) is 10.2. The van der Waals surface area contributed by atoms with Crippen molar-refractivity contribution in [2.24, 2.45) is 0 Å². The fourth-order valence-corrected chi connectivity index (χ4v) is 3.55. The lowest BCUT2D eigenvalue weighted by atomic mass is 9.72. The van der Waals surface area contributed by atoms with Gasteiger partial charge in [-0.1, -0.05) is 36.4 Å². The number of rotatable bonds is 6. The number of hydrogen-bond acceptors (Lipinski definition) is 5. The van der Waals surface area contributed by atoms with Crippen LogP contribution in [-0.2, 0) is 19.7 Å². The largest absolute Gasteiger partial charge is 0.465 e. The maximum Gasteiger partial charge on any atom is 0.316 e. The number of likely N-dealkylation sites (tertiary alicyclic amines) is 1. The fraction of sp³-hybridized carbons (Fsp3) is 0.381. The number of carbonyl (C=O) groups is 2. The predicted molar refractivity (Wildman–Crippen MR) is 111 cm³/mol. The van der Waals surface area contributed by atoms with Crippen LogP contribution in [0, 0.1) is 0 Å². The second-order valence-corrected chi connectivity index (χ2v) is 6.71. The lowest BCUT2D eigenvalue weighted by Crippen LogP contribution is -2.49. The summed E-state index contributed by atoms with van der Waals surface area (Å²) >= 11 is 0. The Morgan fingerprint density at radius 2 is 1.79 bits per heavy atom. The summed E-state index contributed by atoms with van der Waals surface area (Å²) in [6, 6.07) is 15.2. The standard InChI is InChI=1S/C21H25N3O3.ClH/c1-2-27-20(26)21(17-8-4-3-5-9-17)11-14-24(15-12-21)16-19(25)23-18-10-6-7-13-22-18;/h3-10,13H,2,11-12,14-16H2,1H3,(H,22,23,25);1H. The van der Waals surface area contributed by atoms with Crippen LogP contribution in [0.4, 0.5) is 5.82 Å². The molecule has 3 rings (SSSR count). The zero-order chi connectivity index (χ0) is 19.1. The molecule has 1 fully saturated rings. The average Bonchev–Trinajstić information content (AvgIpc) is 2.70. The summed E-state index contributed by atoms with van der Waals surface area (Å²) in [6.45, 7) is 3.79. The summed E-state index contributed by atoms with van der Waals surface area (Å²) in [7, 11) is 0. The molecule has 150 valence electrons. The highest BCUT2D eigenvalue weighted by atomic mass is 35.5. The van der Waals surface area contributed by atoms with Gasteiger partial charge < -0.3 is 10.1 Å². The van der Waals surface area contributed by atoms with Gasteiger partial charge in [-0.25, -0.2) is 4.98 Å². The van der Waals surface area contributed by atoms with E-state index in [1.54, 1.807) is 18.3 Å². The fourth-order valence-electron chi connectivity index (χ4n) is 3.55. The molecule has 6 nitrogen and oxygen atoms in total. The molecule has 1 aliphatic rings. The molecule has 2 aromatic rings. The second-order valence-electron chi connectivity index (χ2n) is 6.71. The summed E-state index contributed by atoms with van der Waals surface area (Å²) in [4.78, 5) is 31.2. The molecule has 0 saturated carbocycles. The lowest BCUT2D eigenvalue weighted by molar-refractivity contribution is -0.152. The number of nitrogens with zero attached hydrogens (tertiary/aromatic N) is 2. The van der Waals surface area contributed by atoms with E-state index in [1.165, 1.54) is 0 Å². The number of anilines is 1. The highest BCUT2D eigenvalue weighted by Crippen LogP contribution is 2.36. The van der Waals surface area contributed by atoms with Gasteiger partial charge in [-0.05, 0) is 37.5 Å². The van der Waals surface area contributed by atoms with Crippen molar-refractivity contribution >= 4 is 30.1 Å². The number of esters is 1. The smallest absolute Gasteiger partial charge is 0.316 e. The number of benzene rings is 1. The van der Waals surface area contributed by atoms with Gasteiger partial charge in [-0.2, -0.15) is 0 Å².